The highest BCUT2D eigenvalue weighted by molar-refractivity contribution is 5.92. The molecular formula is C24H33FN2O5. The van der Waals surface area contributed by atoms with Crippen molar-refractivity contribution in [3.63, 3.8) is 0 Å². The highest BCUT2D eigenvalue weighted by Crippen LogP contribution is 2.52. The quantitative estimate of drug-likeness (QED) is 0.714. The maximum atomic E-state index is 15.1. The number of ether oxygens (including phenoxy) is 1. The molecule has 32 heavy (non-hydrogen) atoms. The van der Waals surface area contributed by atoms with Crippen molar-refractivity contribution in [2.24, 2.45) is 17.6 Å². The molecule has 0 bridgehead atoms. The fourth-order valence-corrected chi connectivity index (χ4v) is 5.60. The summed E-state index contributed by atoms with van der Waals surface area (Å²) in [7, 11) is 0. The van der Waals surface area contributed by atoms with Crippen molar-refractivity contribution in [2.45, 2.75) is 76.9 Å². The maximum Gasteiger partial charge on any atom is 0.411 e. The Morgan fingerprint density at radius 3 is 2.34 bits per heavy atom. The summed E-state index contributed by atoms with van der Waals surface area (Å²) >= 11 is 0. The molecular weight excluding hydrogens is 415 g/mol. The van der Waals surface area contributed by atoms with Gasteiger partial charge >= 0.3 is 12.1 Å². The van der Waals surface area contributed by atoms with E-state index < -0.39 is 46.8 Å². The first kappa shape index (κ1) is 24.0. The Hall–Kier alpha value is -2.64. The monoisotopic (exact) mass is 448 g/mol. The van der Waals surface area contributed by atoms with E-state index in [4.69, 9.17) is 10.5 Å². The van der Waals surface area contributed by atoms with Crippen LogP contribution in [0, 0.1) is 17.7 Å². The highest BCUT2D eigenvalue weighted by Gasteiger charge is 2.60. The molecule has 1 saturated heterocycles. The first-order valence-corrected chi connectivity index (χ1v) is 11.2. The summed E-state index contributed by atoms with van der Waals surface area (Å²) in [6, 6.07) is 3.93. The number of nitrogens with two attached hydrogens (primary N) is 1. The lowest BCUT2D eigenvalue weighted by Crippen LogP contribution is -2.59. The van der Waals surface area contributed by atoms with E-state index in [9.17, 15) is 19.5 Å². The van der Waals surface area contributed by atoms with Gasteiger partial charge in [0.05, 0.1) is 5.56 Å². The molecule has 1 saturated carbocycles. The van der Waals surface area contributed by atoms with E-state index in [1.54, 1.807) is 27.7 Å². The molecule has 2 fully saturated rings. The van der Waals surface area contributed by atoms with Crippen LogP contribution in [0.2, 0.25) is 0 Å². The number of carbonyl (C=O) groups excluding carboxylic acids is 2. The number of hydrogen-bond donors (Lipinski definition) is 2. The van der Waals surface area contributed by atoms with Crippen LogP contribution in [-0.4, -0.2) is 45.7 Å². The summed E-state index contributed by atoms with van der Waals surface area (Å²) in [5.41, 5.74) is 3.52. The molecule has 0 aromatic heterocycles. The Balaban J connectivity index is 2.18. The highest BCUT2D eigenvalue weighted by atomic mass is 19.1. The van der Waals surface area contributed by atoms with Gasteiger partial charge in [-0.3, -0.25) is 9.69 Å². The predicted molar refractivity (Wildman–Crippen MR) is 117 cm³/mol. The summed E-state index contributed by atoms with van der Waals surface area (Å²) < 4.78 is 20.7. The number of benzene rings is 1. The number of halogens is 1. The number of carboxylic acids is 1. The van der Waals surface area contributed by atoms with Crippen LogP contribution in [0.15, 0.2) is 18.2 Å². The van der Waals surface area contributed by atoms with E-state index in [0.29, 0.717) is 0 Å². The van der Waals surface area contributed by atoms with Crippen LogP contribution in [0.1, 0.15) is 81.6 Å². The molecule has 8 heteroatoms. The normalized spacial score (nSPS) is 26.7. The van der Waals surface area contributed by atoms with Crippen LogP contribution in [0.4, 0.5) is 9.18 Å². The number of aromatic carboxylic acids is 1. The van der Waals surface area contributed by atoms with Gasteiger partial charge in [0.1, 0.15) is 17.0 Å². The molecule has 7 nitrogen and oxygen atoms in total. The molecule has 3 unspecified atom stereocenters. The summed E-state index contributed by atoms with van der Waals surface area (Å²) in [5, 5.41) is 9.75. The molecule has 3 N–H and O–H groups in total. The summed E-state index contributed by atoms with van der Waals surface area (Å²) in [6.45, 7) is 6.73. The molecule has 2 aliphatic rings. The lowest BCUT2D eigenvalue weighted by molar-refractivity contribution is -0.131. The van der Waals surface area contributed by atoms with Gasteiger partial charge in [0.2, 0.25) is 5.91 Å². The average molecular weight is 449 g/mol. The maximum absolute atomic E-state index is 15.1. The van der Waals surface area contributed by atoms with Crippen molar-refractivity contribution in [3.8, 4) is 0 Å². The van der Waals surface area contributed by atoms with Crippen molar-refractivity contribution >= 4 is 18.0 Å². The molecule has 1 aliphatic carbocycles. The fraction of sp³-hybridized carbons (Fsp3) is 0.625. The number of carboxylic acid groups (broad SMARTS) is 1. The number of likely N-dealkylation sites (tertiary alicyclic amines) is 1. The molecule has 0 spiro atoms. The summed E-state index contributed by atoms with van der Waals surface area (Å²) in [4.78, 5) is 39.3. The van der Waals surface area contributed by atoms with Crippen LogP contribution >= 0.6 is 0 Å². The van der Waals surface area contributed by atoms with Crippen molar-refractivity contribution in [1.82, 2.24) is 4.90 Å². The third-order valence-corrected chi connectivity index (χ3v) is 6.95. The molecule has 1 aromatic rings. The number of carbonyl (C=O) groups is 3. The SMILES string of the molecule is CC(C)(C)OC(=O)N1CC(c2c(F)cccc2C(=O)O)C(C2CCCCC2)C1(C)C(N)=O. The van der Waals surface area contributed by atoms with Crippen LogP contribution in [-0.2, 0) is 9.53 Å². The van der Waals surface area contributed by atoms with E-state index in [-0.39, 0.29) is 23.6 Å². The first-order valence-electron chi connectivity index (χ1n) is 11.2. The zero-order chi connectivity index (χ0) is 23.8. The Kier molecular flexibility index (Phi) is 6.54. The largest absolute Gasteiger partial charge is 0.478 e. The van der Waals surface area contributed by atoms with E-state index in [2.05, 4.69) is 0 Å². The van der Waals surface area contributed by atoms with E-state index >= 15 is 4.39 Å². The first-order chi connectivity index (χ1) is 14.9. The van der Waals surface area contributed by atoms with Crippen LogP contribution < -0.4 is 5.73 Å². The molecule has 2 amide bonds. The smallest absolute Gasteiger partial charge is 0.411 e. The minimum absolute atomic E-state index is 0.0000576. The minimum atomic E-state index is -1.44. The standard InChI is InChI=1S/C24H33FN2O5/c1-23(2,3)32-22(31)27-13-16(18-15(20(28)29)11-8-12-17(18)25)19(24(27,4)21(26)30)14-9-6-5-7-10-14/h8,11-12,14,16,19H,5-7,9-10,13H2,1-4H3,(H2,26,30)(H,28,29). The molecule has 3 rings (SSSR count). The van der Waals surface area contributed by atoms with Crippen LogP contribution in [0.25, 0.3) is 0 Å². The second-order valence-corrected chi connectivity index (χ2v) is 10.1. The number of primary amides is 1. The molecule has 1 heterocycles. The van der Waals surface area contributed by atoms with Crippen molar-refractivity contribution in [2.75, 3.05) is 6.54 Å². The van der Waals surface area contributed by atoms with Gasteiger partial charge in [0.25, 0.3) is 0 Å². The van der Waals surface area contributed by atoms with E-state index in [0.717, 1.165) is 32.1 Å². The molecule has 176 valence electrons. The Bertz CT molecular complexity index is 906. The van der Waals surface area contributed by atoms with Gasteiger partial charge in [-0.2, -0.15) is 0 Å². The summed E-state index contributed by atoms with van der Waals surface area (Å²) in [5.74, 6) is -3.83. The lowest BCUT2D eigenvalue weighted by atomic mass is 9.65. The predicted octanol–water partition coefficient (Wildman–Crippen LogP) is 4.30. The molecule has 1 aromatic carbocycles. The number of rotatable bonds is 4. The van der Waals surface area contributed by atoms with E-state index in [1.165, 1.54) is 23.1 Å². The van der Waals surface area contributed by atoms with E-state index in [1.807, 2.05) is 0 Å². The number of hydrogen-bond acceptors (Lipinski definition) is 4. The minimum Gasteiger partial charge on any atom is -0.478 e. The fourth-order valence-electron chi connectivity index (χ4n) is 5.60. The van der Waals surface area contributed by atoms with Gasteiger partial charge in [-0.05, 0) is 45.7 Å². The Morgan fingerprint density at radius 2 is 1.81 bits per heavy atom. The summed E-state index contributed by atoms with van der Waals surface area (Å²) in [6.07, 6.45) is 3.88. The lowest BCUT2D eigenvalue weighted by Gasteiger charge is -2.42. The molecule has 0 radical (unpaired) electrons. The van der Waals surface area contributed by atoms with Crippen LogP contribution in [0.3, 0.4) is 0 Å². The van der Waals surface area contributed by atoms with Crippen molar-refractivity contribution < 1.29 is 28.6 Å². The van der Waals surface area contributed by atoms with Gasteiger partial charge in [-0.25, -0.2) is 14.0 Å². The topological polar surface area (TPSA) is 110 Å². The second kappa shape index (κ2) is 8.71. The number of amides is 2. The second-order valence-electron chi connectivity index (χ2n) is 10.1. The van der Waals surface area contributed by atoms with Crippen molar-refractivity contribution in [1.29, 1.82) is 0 Å². The number of nitrogens with zero attached hydrogens (tertiary/aromatic N) is 1. The van der Waals surface area contributed by atoms with Gasteiger partial charge in [-0.15, -0.1) is 0 Å². The van der Waals surface area contributed by atoms with Crippen molar-refractivity contribution in [3.05, 3.63) is 35.1 Å². The van der Waals surface area contributed by atoms with Gasteiger partial charge in [-0.1, -0.05) is 38.2 Å². The zero-order valence-electron chi connectivity index (χ0n) is 19.2. The van der Waals surface area contributed by atoms with Gasteiger partial charge in [0.15, 0.2) is 0 Å². The van der Waals surface area contributed by atoms with Gasteiger partial charge in [0, 0.05) is 23.9 Å². The third kappa shape index (κ3) is 4.32. The Labute approximate surface area is 188 Å². The molecule has 3 atom stereocenters. The average Bonchev–Trinajstić information content (AvgIpc) is 3.01. The van der Waals surface area contributed by atoms with Crippen LogP contribution in [0.5, 0.6) is 0 Å². The zero-order valence-corrected chi connectivity index (χ0v) is 19.2. The third-order valence-electron chi connectivity index (χ3n) is 6.95. The Morgan fingerprint density at radius 1 is 1.19 bits per heavy atom. The molecule has 1 aliphatic heterocycles. The van der Waals surface area contributed by atoms with Gasteiger partial charge < -0.3 is 15.6 Å².